The van der Waals surface area contributed by atoms with Crippen molar-refractivity contribution in [3.05, 3.63) is 24.3 Å². The Kier molecular flexibility index (Phi) is 3.09. The molecule has 0 saturated carbocycles. The van der Waals surface area contributed by atoms with Crippen molar-refractivity contribution in [3.63, 3.8) is 0 Å². The molecular weight excluding hydrogens is 172 g/mol. The van der Waals surface area contributed by atoms with Gasteiger partial charge in [-0.15, -0.1) is 0 Å². The van der Waals surface area contributed by atoms with Crippen LogP contribution in [0.1, 0.15) is 0 Å². The van der Waals surface area contributed by atoms with Crippen LogP contribution in [0, 0.1) is 10.7 Å². The van der Waals surface area contributed by atoms with Gasteiger partial charge in [-0.1, -0.05) is 0 Å². The summed E-state index contributed by atoms with van der Waals surface area (Å²) in [5, 5.41) is 10.3. The molecule has 1 rings (SSSR count). The zero-order chi connectivity index (χ0) is 8.81. The first-order valence-electron chi connectivity index (χ1n) is 3.10. The number of aliphatic imine (C=N–C) groups is 1. The van der Waals surface area contributed by atoms with Crippen molar-refractivity contribution in [1.29, 1.82) is 5.26 Å². The molecule has 0 atom stereocenters. The first-order chi connectivity index (χ1) is 5.86. The molecule has 0 N–H and O–H groups in total. The largest absolute Gasteiger partial charge is 0.240 e. The lowest BCUT2D eigenvalue weighted by atomic mass is 10.3. The highest BCUT2D eigenvalue weighted by Gasteiger charge is 1.91. The molecule has 0 bridgehead atoms. The summed E-state index contributed by atoms with van der Waals surface area (Å²) in [6, 6.07) is 6.77. The van der Waals surface area contributed by atoms with Crippen molar-refractivity contribution in [1.82, 2.24) is 0 Å². The fourth-order valence-corrected chi connectivity index (χ4v) is 1.07. The van der Waals surface area contributed by atoms with Crippen LogP contribution in [0.3, 0.4) is 0 Å². The van der Waals surface area contributed by atoms with Crippen LogP contribution in [0.4, 0.5) is 5.69 Å². The molecule has 12 heavy (non-hydrogen) atoms. The van der Waals surface area contributed by atoms with Crippen LogP contribution in [0.25, 0.3) is 0 Å². The molecule has 0 aliphatic heterocycles. The number of hydrogen-bond acceptors (Lipinski definition) is 4. The molecule has 0 aliphatic carbocycles. The Morgan fingerprint density at radius 1 is 1.33 bits per heavy atom. The average molecular weight is 176 g/mol. The van der Waals surface area contributed by atoms with Crippen molar-refractivity contribution >= 4 is 23.5 Å². The standard InChI is InChI=1S/C8H4N2OS/c9-5-12-8-3-1-7(2-4-8)10-6-11/h1-4H. The van der Waals surface area contributed by atoms with Crippen LogP contribution in [0.2, 0.25) is 0 Å². The second-order valence-electron chi connectivity index (χ2n) is 1.89. The van der Waals surface area contributed by atoms with E-state index in [1.54, 1.807) is 24.3 Å². The highest BCUT2D eigenvalue weighted by Crippen LogP contribution is 2.19. The van der Waals surface area contributed by atoms with Gasteiger partial charge in [0.15, 0.2) is 0 Å². The van der Waals surface area contributed by atoms with Gasteiger partial charge in [0, 0.05) is 4.90 Å². The van der Waals surface area contributed by atoms with Crippen molar-refractivity contribution < 1.29 is 4.79 Å². The normalized spacial score (nSPS) is 8.25. The van der Waals surface area contributed by atoms with Gasteiger partial charge >= 0.3 is 0 Å². The van der Waals surface area contributed by atoms with E-state index in [1.807, 2.05) is 5.40 Å². The Bertz CT molecular complexity index is 346. The second kappa shape index (κ2) is 4.35. The zero-order valence-electron chi connectivity index (χ0n) is 6.02. The van der Waals surface area contributed by atoms with E-state index in [0.717, 1.165) is 16.7 Å². The van der Waals surface area contributed by atoms with Gasteiger partial charge in [-0.2, -0.15) is 10.3 Å². The molecule has 4 heteroatoms. The van der Waals surface area contributed by atoms with Crippen LogP contribution in [-0.4, -0.2) is 6.08 Å². The van der Waals surface area contributed by atoms with E-state index >= 15 is 0 Å². The molecule has 0 aromatic heterocycles. The van der Waals surface area contributed by atoms with Crippen molar-refractivity contribution in [3.8, 4) is 5.40 Å². The molecule has 0 spiro atoms. The fraction of sp³-hybridized carbons (Fsp3) is 0. The molecule has 0 amide bonds. The molecule has 1 aromatic rings. The third kappa shape index (κ3) is 2.24. The summed E-state index contributed by atoms with van der Waals surface area (Å²) in [7, 11) is 0. The molecule has 3 nitrogen and oxygen atoms in total. The number of nitrogens with zero attached hydrogens (tertiary/aromatic N) is 2. The number of thiocyanates is 1. The predicted molar refractivity (Wildman–Crippen MR) is 45.7 cm³/mol. The quantitative estimate of drug-likeness (QED) is 0.300. The molecule has 1 aromatic carbocycles. The minimum atomic E-state index is 0.548. The topological polar surface area (TPSA) is 53.2 Å². The van der Waals surface area contributed by atoms with Crippen LogP contribution >= 0.6 is 11.8 Å². The summed E-state index contributed by atoms with van der Waals surface area (Å²) in [4.78, 5) is 14.1. The van der Waals surface area contributed by atoms with E-state index in [9.17, 15) is 4.79 Å². The SMILES string of the molecule is N#CSc1ccc(N=C=O)cc1. The number of benzene rings is 1. The van der Waals surface area contributed by atoms with E-state index in [2.05, 4.69) is 4.99 Å². The molecule has 58 valence electrons. The Balaban J connectivity index is 2.86. The van der Waals surface area contributed by atoms with Crippen LogP contribution in [0.15, 0.2) is 34.2 Å². The molecular formula is C8H4N2OS. The number of thioether (sulfide) groups is 1. The minimum absolute atomic E-state index is 0.548. The van der Waals surface area contributed by atoms with Gasteiger partial charge in [-0.25, -0.2) is 4.79 Å². The summed E-state index contributed by atoms with van der Waals surface area (Å²) in [6.07, 6.45) is 1.44. The molecule has 0 aliphatic rings. The molecule has 0 fully saturated rings. The third-order valence-corrected chi connectivity index (χ3v) is 1.77. The number of isocyanates is 1. The number of hydrogen-bond donors (Lipinski definition) is 0. The fourth-order valence-electron chi connectivity index (χ4n) is 0.694. The van der Waals surface area contributed by atoms with Gasteiger partial charge in [0.2, 0.25) is 6.08 Å². The predicted octanol–water partition coefficient (Wildman–Crippen LogP) is 2.23. The van der Waals surface area contributed by atoms with E-state index in [4.69, 9.17) is 5.26 Å². The second-order valence-corrected chi connectivity index (χ2v) is 2.75. The van der Waals surface area contributed by atoms with E-state index in [1.165, 1.54) is 6.08 Å². The maximum absolute atomic E-state index is 9.84. The molecule has 0 heterocycles. The smallest absolute Gasteiger partial charge is 0.211 e. The summed E-state index contributed by atoms with van der Waals surface area (Å²) in [5.41, 5.74) is 0.548. The van der Waals surface area contributed by atoms with Crippen molar-refractivity contribution in [2.45, 2.75) is 4.90 Å². The summed E-state index contributed by atoms with van der Waals surface area (Å²) < 4.78 is 0. The Hall–Kier alpha value is -1.56. The third-order valence-electron chi connectivity index (χ3n) is 1.17. The summed E-state index contributed by atoms with van der Waals surface area (Å²) >= 11 is 1.07. The van der Waals surface area contributed by atoms with Crippen LogP contribution in [-0.2, 0) is 4.79 Å². The highest BCUT2D eigenvalue weighted by molar-refractivity contribution is 8.03. The van der Waals surface area contributed by atoms with Crippen molar-refractivity contribution in [2.24, 2.45) is 4.99 Å². The average Bonchev–Trinajstić information content (AvgIpc) is 2.09. The number of nitriles is 1. The molecule has 0 radical (unpaired) electrons. The first kappa shape index (κ1) is 8.54. The zero-order valence-corrected chi connectivity index (χ0v) is 6.84. The molecule has 0 unspecified atom stereocenters. The first-order valence-corrected chi connectivity index (χ1v) is 3.92. The van der Waals surface area contributed by atoms with Crippen LogP contribution in [0.5, 0.6) is 0 Å². The van der Waals surface area contributed by atoms with E-state index in [0.29, 0.717) is 5.69 Å². The Morgan fingerprint density at radius 3 is 2.50 bits per heavy atom. The lowest BCUT2D eigenvalue weighted by Gasteiger charge is -1.91. The van der Waals surface area contributed by atoms with Gasteiger partial charge in [-0.3, -0.25) is 0 Å². The lowest BCUT2D eigenvalue weighted by molar-refractivity contribution is 0.565. The maximum atomic E-state index is 9.84. The van der Waals surface area contributed by atoms with E-state index < -0.39 is 0 Å². The van der Waals surface area contributed by atoms with Gasteiger partial charge in [-0.05, 0) is 36.0 Å². The van der Waals surface area contributed by atoms with Gasteiger partial charge in [0.1, 0.15) is 5.40 Å². The Morgan fingerprint density at radius 2 is 2.00 bits per heavy atom. The van der Waals surface area contributed by atoms with Crippen LogP contribution < -0.4 is 0 Å². The summed E-state index contributed by atoms with van der Waals surface area (Å²) in [5.74, 6) is 0. The molecule has 0 saturated heterocycles. The monoisotopic (exact) mass is 176 g/mol. The van der Waals surface area contributed by atoms with E-state index in [-0.39, 0.29) is 0 Å². The Labute approximate surface area is 73.7 Å². The number of rotatable bonds is 2. The maximum Gasteiger partial charge on any atom is 0.240 e. The minimum Gasteiger partial charge on any atom is -0.211 e. The lowest BCUT2D eigenvalue weighted by Crippen LogP contribution is -1.67. The van der Waals surface area contributed by atoms with Gasteiger partial charge in [0.25, 0.3) is 0 Å². The van der Waals surface area contributed by atoms with Gasteiger partial charge in [0.05, 0.1) is 5.69 Å². The highest BCUT2D eigenvalue weighted by atomic mass is 32.2. The van der Waals surface area contributed by atoms with Gasteiger partial charge < -0.3 is 0 Å². The summed E-state index contributed by atoms with van der Waals surface area (Å²) in [6.45, 7) is 0. The number of carbonyl (C=O) groups excluding carboxylic acids is 1. The van der Waals surface area contributed by atoms with Crippen molar-refractivity contribution in [2.75, 3.05) is 0 Å².